The van der Waals surface area contributed by atoms with E-state index in [-0.39, 0.29) is 0 Å². The maximum absolute atomic E-state index is 9.03. The molecule has 2 N–H and O–H groups in total. The van der Waals surface area contributed by atoms with Gasteiger partial charge in [-0.3, -0.25) is 4.90 Å². The Balaban J connectivity index is 2.34. The lowest BCUT2D eigenvalue weighted by molar-refractivity contribution is 0.104. The fourth-order valence-corrected chi connectivity index (χ4v) is 2.59. The second-order valence-corrected chi connectivity index (χ2v) is 4.82. The molecule has 2 atom stereocenters. The summed E-state index contributed by atoms with van der Waals surface area (Å²) >= 11 is 0. The van der Waals surface area contributed by atoms with Crippen LogP contribution in [0, 0.1) is 5.92 Å². The van der Waals surface area contributed by atoms with Gasteiger partial charge < -0.3 is 10.4 Å². The lowest BCUT2D eigenvalue weighted by Gasteiger charge is -2.37. The van der Waals surface area contributed by atoms with Crippen LogP contribution in [0.15, 0.2) is 0 Å². The van der Waals surface area contributed by atoms with Gasteiger partial charge in [-0.2, -0.15) is 0 Å². The Hall–Kier alpha value is -0.120. The summed E-state index contributed by atoms with van der Waals surface area (Å²) in [5.41, 5.74) is 0. The minimum absolute atomic E-state index is 0.335. The molecule has 3 nitrogen and oxygen atoms in total. The monoisotopic (exact) mass is 214 g/mol. The molecule has 0 spiro atoms. The van der Waals surface area contributed by atoms with Gasteiger partial charge in [0.25, 0.3) is 0 Å². The van der Waals surface area contributed by atoms with E-state index in [0.717, 1.165) is 13.0 Å². The van der Waals surface area contributed by atoms with Crippen LogP contribution >= 0.6 is 0 Å². The van der Waals surface area contributed by atoms with Crippen molar-refractivity contribution < 1.29 is 5.11 Å². The van der Waals surface area contributed by atoms with Crippen LogP contribution in [0.1, 0.15) is 32.6 Å². The van der Waals surface area contributed by atoms with Crippen LogP contribution in [0.25, 0.3) is 0 Å². The summed E-state index contributed by atoms with van der Waals surface area (Å²) in [6.07, 6.45) is 4.88. The number of likely N-dealkylation sites (tertiary alicyclic amines) is 1. The molecule has 0 aromatic heterocycles. The molecular weight excluding hydrogens is 188 g/mol. The first-order chi connectivity index (χ1) is 7.27. The van der Waals surface area contributed by atoms with E-state index in [0.29, 0.717) is 18.6 Å². The van der Waals surface area contributed by atoms with Crippen molar-refractivity contribution in [1.82, 2.24) is 10.2 Å². The van der Waals surface area contributed by atoms with Crippen molar-refractivity contribution in [3.05, 3.63) is 0 Å². The molecule has 1 aliphatic heterocycles. The maximum atomic E-state index is 9.03. The Bertz CT molecular complexity index is 162. The first-order valence-corrected chi connectivity index (χ1v) is 6.27. The molecule has 3 heteroatoms. The van der Waals surface area contributed by atoms with Crippen molar-refractivity contribution in [2.24, 2.45) is 5.92 Å². The Morgan fingerprint density at radius 2 is 2.27 bits per heavy atom. The van der Waals surface area contributed by atoms with Crippen molar-refractivity contribution in [1.29, 1.82) is 0 Å². The highest BCUT2D eigenvalue weighted by atomic mass is 16.3. The van der Waals surface area contributed by atoms with Crippen LogP contribution in [0.5, 0.6) is 0 Å². The highest BCUT2D eigenvalue weighted by molar-refractivity contribution is 4.78. The summed E-state index contributed by atoms with van der Waals surface area (Å²) in [5, 5.41) is 12.3. The molecule has 0 aliphatic carbocycles. The Labute approximate surface area is 93.9 Å². The third-order valence-corrected chi connectivity index (χ3v) is 3.31. The van der Waals surface area contributed by atoms with Crippen molar-refractivity contribution in [2.45, 2.75) is 38.6 Å². The smallest absolute Gasteiger partial charge is 0.0445 e. The zero-order valence-electron chi connectivity index (χ0n) is 10.2. The van der Waals surface area contributed by atoms with Crippen LogP contribution in [0.4, 0.5) is 0 Å². The van der Waals surface area contributed by atoms with Gasteiger partial charge >= 0.3 is 0 Å². The number of rotatable bonds is 6. The second-order valence-electron chi connectivity index (χ2n) is 4.82. The standard InChI is InChI=1S/C12H26N2O/c1-11(9-13-2)10-14-7-4-3-5-12(14)6-8-15/h11-13,15H,3-10H2,1-2H3. The van der Waals surface area contributed by atoms with E-state index < -0.39 is 0 Å². The summed E-state index contributed by atoms with van der Waals surface area (Å²) in [4.78, 5) is 2.57. The minimum Gasteiger partial charge on any atom is -0.396 e. The summed E-state index contributed by atoms with van der Waals surface area (Å²) in [7, 11) is 2.01. The van der Waals surface area contributed by atoms with Gasteiger partial charge in [0.15, 0.2) is 0 Å². The molecule has 90 valence electrons. The number of nitrogens with zero attached hydrogens (tertiary/aromatic N) is 1. The number of hydrogen-bond acceptors (Lipinski definition) is 3. The molecule has 1 rings (SSSR count). The van der Waals surface area contributed by atoms with Crippen LogP contribution < -0.4 is 5.32 Å². The normalized spacial score (nSPS) is 25.4. The largest absolute Gasteiger partial charge is 0.396 e. The van der Waals surface area contributed by atoms with Gasteiger partial charge in [0.05, 0.1) is 0 Å². The predicted molar refractivity (Wildman–Crippen MR) is 64.0 cm³/mol. The van der Waals surface area contributed by atoms with Crippen LogP contribution in [0.2, 0.25) is 0 Å². The van der Waals surface area contributed by atoms with Crippen molar-refractivity contribution in [3.8, 4) is 0 Å². The van der Waals surface area contributed by atoms with Crippen LogP contribution in [-0.2, 0) is 0 Å². The van der Waals surface area contributed by atoms with Gasteiger partial charge in [-0.25, -0.2) is 0 Å². The Morgan fingerprint density at radius 1 is 1.47 bits per heavy atom. The van der Waals surface area contributed by atoms with E-state index in [2.05, 4.69) is 17.1 Å². The van der Waals surface area contributed by atoms with Gasteiger partial charge in [0.2, 0.25) is 0 Å². The molecule has 15 heavy (non-hydrogen) atoms. The van der Waals surface area contributed by atoms with Crippen molar-refractivity contribution in [3.63, 3.8) is 0 Å². The summed E-state index contributed by atoms with van der Waals surface area (Å²) in [6, 6.07) is 0.628. The molecule has 0 aromatic rings. The number of piperidine rings is 1. The zero-order chi connectivity index (χ0) is 11.1. The maximum Gasteiger partial charge on any atom is 0.0445 e. The minimum atomic E-state index is 0.335. The highest BCUT2D eigenvalue weighted by Gasteiger charge is 2.22. The Morgan fingerprint density at radius 3 is 2.93 bits per heavy atom. The average molecular weight is 214 g/mol. The van der Waals surface area contributed by atoms with E-state index in [1.54, 1.807) is 0 Å². The number of aliphatic hydroxyl groups excluding tert-OH is 1. The molecule has 1 saturated heterocycles. The third kappa shape index (κ3) is 4.49. The van der Waals surface area contributed by atoms with Gasteiger partial charge in [0, 0.05) is 19.2 Å². The summed E-state index contributed by atoms with van der Waals surface area (Å²) in [6.45, 7) is 6.11. The lowest BCUT2D eigenvalue weighted by Crippen LogP contribution is -2.43. The third-order valence-electron chi connectivity index (χ3n) is 3.31. The lowest BCUT2D eigenvalue weighted by atomic mass is 9.98. The first kappa shape index (κ1) is 12.9. The first-order valence-electron chi connectivity index (χ1n) is 6.27. The molecule has 1 aliphatic rings. The predicted octanol–water partition coefficient (Wildman–Crippen LogP) is 1.08. The molecule has 0 radical (unpaired) electrons. The molecule has 0 aromatic carbocycles. The van der Waals surface area contributed by atoms with Gasteiger partial charge in [-0.1, -0.05) is 13.3 Å². The molecule has 0 saturated carbocycles. The molecule has 0 amide bonds. The fraction of sp³-hybridized carbons (Fsp3) is 1.00. The van der Waals surface area contributed by atoms with E-state index >= 15 is 0 Å². The Kier molecular flexibility index (Phi) is 6.22. The number of nitrogens with one attached hydrogen (secondary N) is 1. The molecule has 0 bridgehead atoms. The van der Waals surface area contributed by atoms with Crippen LogP contribution in [0.3, 0.4) is 0 Å². The van der Waals surface area contributed by atoms with E-state index in [1.807, 2.05) is 7.05 Å². The van der Waals surface area contributed by atoms with E-state index in [4.69, 9.17) is 5.11 Å². The highest BCUT2D eigenvalue weighted by Crippen LogP contribution is 2.20. The topological polar surface area (TPSA) is 35.5 Å². The van der Waals surface area contributed by atoms with Gasteiger partial charge in [-0.15, -0.1) is 0 Å². The van der Waals surface area contributed by atoms with Crippen molar-refractivity contribution >= 4 is 0 Å². The zero-order valence-corrected chi connectivity index (χ0v) is 10.2. The second kappa shape index (κ2) is 7.20. The van der Waals surface area contributed by atoms with Crippen molar-refractivity contribution in [2.75, 3.05) is 33.3 Å². The molecule has 2 unspecified atom stereocenters. The molecule has 1 fully saturated rings. The fourth-order valence-electron chi connectivity index (χ4n) is 2.59. The summed E-state index contributed by atoms with van der Waals surface area (Å²) < 4.78 is 0. The number of hydrogen-bond donors (Lipinski definition) is 2. The van der Waals surface area contributed by atoms with E-state index in [1.165, 1.54) is 32.4 Å². The van der Waals surface area contributed by atoms with E-state index in [9.17, 15) is 0 Å². The number of aliphatic hydroxyl groups is 1. The quantitative estimate of drug-likeness (QED) is 0.694. The van der Waals surface area contributed by atoms with Crippen LogP contribution in [-0.4, -0.2) is 49.3 Å². The van der Waals surface area contributed by atoms with Gasteiger partial charge in [-0.05, 0) is 45.3 Å². The molecule has 1 heterocycles. The summed E-state index contributed by atoms with van der Waals surface area (Å²) in [5.74, 6) is 0.703. The van der Waals surface area contributed by atoms with Gasteiger partial charge in [0.1, 0.15) is 0 Å². The average Bonchev–Trinajstić information content (AvgIpc) is 2.21. The SMILES string of the molecule is CNCC(C)CN1CCCCC1CCO. The molecular formula is C12H26N2O.